The molecular weight excluding hydrogens is 799 g/mol. The second-order valence-electron chi connectivity index (χ2n) is 18.1. The van der Waals surface area contributed by atoms with Crippen LogP contribution in [0.25, 0.3) is 0 Å². The largest absolute Gasteiger partial charge is 0.466 e. The van der Waals surface area contributed by atoms with Crippen molar-refractivity contribution in [2.75, 3.05) is 33.9 Å². The Bertz CT molecular complexity index is 1110. The van der Waals surface area contributed by atoms with Crippen LogP contribution in [0.15, 0.2) is 0 Å². The summed E-state index contributed by atoms with van der Waals surface area (Å²) in [5.41, 5.74) is 0. The minimum atomic E-state index is -1.40. The van der Waals surface area contributed by atoms with Gasteiger partial charge in [-0.2, -0.15) is 0 Å². The molecule has 0 aromatic rings. The van der Waals surface area contributed by atoms with Gasteiger partial charge in [0, 0.05) is 19.3 Å². The Morgan fingerprint density at radius 2 is 0.730 bits per heavy atom. The molecule has 11 nitrogen and oxygen atoms in total. The average molecular weight is 896 g/mol. The van der Waals surface area contributed by atoms with E-state index in [0.29, 0.717) is 64.3 Å². The van der Waals surface area contributed by atoms with Gasteiger partial charge in [0.05, 0.1) is 19.6 Å². The Kier molecular flexibility index (Phi) is 42.6. The molecule has 0 saturated carbocycles. The van der Waals surface area contributed by atoms with Crippen LogP contribution < -0.4 is 0 Å². The first-order valence-corrected chi connectivity index (χ1v) is 26.1. The number of carbonyl (C=O) groups excluding carboxylic acids is 5. The van der Waals surface area contributed by atoms with Crippen molar-refractivity contribution in [1.29, 1.82) is 0 Å². The maximum Gasteiger partial charge on any atom is 0.348 e. The lowest BCUT2D eigenvalue weighted by Crippen LogP contribution is -2.32. The first-order valence-electron chi connectivity index (χ1n) is 26.1. The molecule has 0 aromatic heterocycles. The summed E-state index contributed by atoms with van der Waals surface area (Å²) >= 11 is 0. The van der Waals surface area contributed by atoms with E-state index in [4.69, 9.17) is 23.7 Å². The number of rotatable bonds is 46. The summed E-state index contributed by atoms with van der Waals surface area (Å²) in [6.45, 7) is 9.72. The molecule has 11 heteroatoms. The summed E-state index contributed by atoms with van der Waals surface area (Å²) in [6.07, 6.45) is 30.6. The Labute approximate surface area is 385 Å². The van der Waals surface area contributed by atoms with Crippen LogP contribution in [0.4, 0.5) is 0 Å². The molecule has 0 radical (unpaired) electrons. The summed E-state index contributed by atoms with van der Waals surface area (Å²) in [6, 6.07) is 0. The van der Waals surface area contributed by atoms with E-state index in [2.05, 4.69) is 27.7 Å². The highest BCUT2D eigenvalue weighted by Crippen LogP contribution is 2.20. The molecule has 0 N–H and O–H groups in total. The van der Waals surface area contributed by atoms with E-state index in [1.165, 1.54) is 96.3 Å². The molecule has 63 heavy (non-hydrogen) atoms. The SMILES string of the molecule is CCCCCCCCC(CCCCCC)OC(=O)CCCCCOC(=O)CC(OC(=O)CCCN(C)C)C(=O)OCCCCCC(=O)OC(CCCCCC)CCCCCCCC. The standard InChI is InChI=1S/C52H97NO10/c1-7-11-15-19-21-27-36-45(34-25-17-13-9-3)61-48(54)38-29-23-31-42-59-51(57)44-47(63-50(56)40-33-41-53(5)6)52(58)60-43-32-24-30-39-49(55)62-46(35-26-18-14-10-4)37-28-22-20-16-12-8-2/h45-47H,7-44H2,1-6H3. The van der Waals surface area contributed by atoms with Gasteiger partial charge in [-0.3, -0.25) is 19.2 Å². The van der Waals surface area contributed by atoms with E-state index >= 15 is 0 Å². The quantitative estimate of drug-likeness (QED) is 0.0328. The van der Waals surface area contributed by atoms with Crippen molar-refractivity contribution in [3.05, 3.63) is 0 Å². The Morgan fingerprint density at radius 1 is 0.381 bits per heavy atom. The average Bonchev–Trinajstić information content (AvgIpc) is 3.25. The van der Waals surface area contributed by atoms with Crippen LogP contribution in [0.2, 0.25) is 0 Å². The normalized spacial score (nSPS) is 12.7. The van der Waals surface area contributed by atoms with Crippen LogP contribution in [-0.4, -0.2) is 86.9 Å². The topological polar surface area (TPSA) is 135 Å². The van der Waals surface area contributed by atoms with Crippen molar-refractivity contribution >= 4 is 29.8 Å². The fraction of sp³-hybridized carbons (Fsp3) is 0.904. The number of nitrogens with zero attached hydrogens (tertiary/aromatic N) is 1. The second-order valence-corrected chi connectivity index (χ2v) is 18.1. The predicted molar refractivity (Wildman–Crippen MR) is 254 cm³/mol. The highest BCUT2D eigenvalue weighted by atomic mass is 16.6. The van der Waals surface area contributed by atoms with Gasteiger partial charge < -0.3 is 28.6 Å². The molecule has 0 aliphatic heterocycles. The van der Waals surface area contributed by atoms with Crippen LogP contribution in [0, 0.1) is 0 Å². The monoisotopic (exact) mass is 896 g/mol. The van der Waals surface area contributed by atoms with Gasteiger partial charge in [-0.1, -0.05) is 130 Å². The third-order valence-electron chi connectivity index (χ3n) is 11.5. The predicted octanol–water partition coefficient (Wildman–Crippen LogP) is 13.1. The molecule has 370 valence electrons. The first kappa shape index (κ1) is 60.3. The van der Waals surface area contributed by atoms with Crippen molar-refractivity contribution < 1.29 is 47.7 Å². The summed E-state index contributed by atoms with van der Waals surface area (Å²) < 4.78 is 28.1. The molecule has 3 atom stereocenters. The molecule has 0 heterocycles. The molecule has 0 saturated heterocycles. The van der Waals surface area contributed by atoms with E-state index in [1.807, 2.05) is 19.0 Å². The minimum Gasteiger partial charge on any atom is -0.466 e. The van der Waals surface area contributed by atoms with Gasteiger partial charge in [0.2, 0.25) is 6.10 Å². The van der Waals surface area contributed by atoms with Gasteiger partial charge in [-0.15, -0.1) is 0 Å². The summed E-state index contributed by atoms with van der Waals surface area (Å²) in [7, 11) is 3.81. The number of carbonyl (C=O) groups is 5. The van der Waals surface area contributed by atoms with Gasteiger partial charge in [0.25, 0.3) is 0 Å². The van der Waals surface area contributed by atoms with Crippen LogP contribution in [-0.2, 0) is 47.7 Å². The molecule has 0 bridgehead atoms. The van der Waals surface area contributed by atoms with Crippen molar-refractivity contribution in [1.82, 2.24) is 4.90 Å². The van der Waals surface area contributed by atoms with E-state index < -0.39 is 30.4 Å². The summed E-state index contributed by atoms with van der Waals surface area (Å²) in [4.78, 5) is 65.9. The van der Waals surface area contributed by atoms with Gasteiger partial charge >= 0.3 is 29.8 Å². The fourth-order valence-corrected chi connectivity index (χ4v) is 7.60. The van der Waals surface area contributed by atoms with Crippen molar-refractivity contribution in [3.63, 3.8) is 0 Å². The number of ether oxygens (including phenoxy) is 5. The number of unbranched alkanes of at least 4 members (excludes halogenated alkanes) is 20. The highest BCUT2D eigenvalue weighted by molar-refractivity contribution is 5.84. The van der Waals surface area contributed by atoms with Crippen LogP contribution in [0.1, 0.15) is 252 Å². The molecule has 0 fully saturated rings. The minimum absolute atomic E-state index is 0.0128. The van der Waals surface area contributed by atoms with Crippen LogP contribution in [0.3, 0.4) is 0 Å². The lowest BCUT2D eigenvalue weighted by Gasteiger charge is -2.18. The summed E-state index contributed by atoms with van der Waals surface area (Å²) in [5, 5.41) is 0. The lowest BCUT2D eigenvalue weighted by atomic mass is 10.0. The Morgan fingerprint density at radius 3 is 1.16 bits per heavy atom. The molecule has 0 aromatic carbocycles. The lowest BCUT2D eigenvalue weighted by molar-refractivity contribution is -0.172. The molecule has 0 spiro atoms. The zero-order chi connectivity index (χ0) is 46.6. The third kappa shape index (κ3) is 40.6. The molecule has 0 rings (SSSR count). The maximum absolute atomic E-state index is 13.1. The molecule has 0 amide bonds. The molecule has 3 unspecified atom stereocenters. The van der Waals surface area contributed by atoms with E-state index in [1.54, 1.807) is 0 Å². The second kappa shape index (κ2) is 44.5. The smallest absolute Gasteiger partial charge is 0.348 e. The molecular formula is C52H97NO10. The van der Waals surface area contributed by atoms with Crippen molar-refractivity contribution in [2.24, 2.45) is 0 Å². The third-order valence-corrected chi connectivity index (χ3v) is 11.5. The Balaban J connectivity index is 4.79. The van der Waals surface area contributed by atoms with E-state index in [9.17, 15) is 24.0 Å². The summed E-state index contributed by atoms with van der Waals surface area (Å²) in [5.74, 6) is -2.35. The number of esters is 5. The zero-order valence-electron chi connectivity index (χ0n) is 41.6. The Hall–Kier alpha value is -2.69. The maximum atomic E-state index is 13.1. The van der Waals surface area contributed by atoms with Gasteiger partial charge in [-0.05, 0) is 117 Å². The molecule has 0 aliphatic rings. The zero-order valence-corrected chi connectivity index (χ0v) is 41.6. The van der Waals surface area contributed by atoms with E-state index in [-0.39, 0.29) is 43.8 Å². The highest BCUT2D eigenvalue weighted by Gasteiger charge is 2.28. The van der Waals surface area contributed by atoms with Crippen molar-refractivity contribution in [2.45, 2.75) is 271 Å². The van der Waals surface area contributed by atoms with Gasteiger partial charge in [0.1, 0.15) is 12.2 Å². The fourth-order valence-electron chi connectivity index (χ4n) is 7.60. The number of hydrogen-bond acceptors (Lipinski definition) is 11. The van der Waals surface area contributed by atoms with E-state index in [0.717, 1.165) is 57.8 Å². The van der Waals surface area contributed by atoms with Crippen molar-refractivity contribution in [3.8, 4) is 0 Å². The van der Waals surface area contributed by atoms with Crippen LogP contribution in [0.5, 0.6) is 0 Å². The number of hydrogen-bond donors (Lipinski definition) is 0. The van der Waals surface area contributed by atoms with Gasteiger partial charge in [-0.25, -0.2) is 4.79 Å². The molecule has 0 aliphatic carbocycles. The van der Waals surface area contributed by atoms with Crippen LogP contribution >= 0.6 is 0 Å². The first-order chi connectivity index (χ1) is 30.6. The van der Waals surface area contributed by atoms with Gasteiger partial charge in [0.15, 0.2) is 0 Å².